The lowest BCUT2D eigenvalue weighted by Gasteiger charge is -2.26. The summed E-state index contributed by atoms with van der Waals surface area (Å²) in [5, 5.41) is 13.1. The smallest absolute Gasteiger partial charge is 0.323 e. The zero-order valence-corrected chi connectivity index (χ0v) is 19.4. The molecule has 1 saturated heterocycles. The van der Waals surface area contributed by atoms with Crippen LogP contribution in [0, 0.1) is 12.7 Å². The fourth-order valence-electron chi connectivity index (χ4n) is 4.32. The number of nitrogens with one attached hydrogen (secondary N) is 3. The highest BCUT2D eigenvalue weighted by Crippen LogP contribution is 2.31. The van der Waals surface area contributed by atoms with Crippen molar-refractivity contribution in [3.63, 3.8) is 0 Å². The summed E-state index contributed by atoms with van der Waals surface area (Å²) in [6, 6.07) is 13.5. The van der Waals surface area contributed by atoms with Crippen molar-refractivity contribution in [3.05, 3.63) is 71.9 Å². The van der Waals surface area contributed by atoms with E-state index in [2.05, 4.69) is 37.0 Å². The number of rotatable bonds is 5. The molecule has 5 N–H and O–H groups in total. The second-order valence-corrected chi connectivity index (χ2v) is 8.62. The summed E-state index contributed by atoms with van der Waals surface area (Å²) >= 11 is 0. The number of aryl methyl sites for hydroxylation is 1. The number of anilines is 3. The van der Waals surface area contributed by atoms with Crippen LogP contribution in [0.1, 0.15) is 11.3 Å². The Morgan fingerprint density at radius 2 is 1.89 bits per heavy atom. The van der Waals surface area contributed by atoms with Crippen LogP contribution in [0.15, 0.2) is 54.9 Å². The maximum absolute atomic E-state index is 13.9. The van der Waals surface area contributed by atoms with Gasteiger partial charge in [-0.2, -0.15) is 5.10 Å². The van der Waals surface area contributed by atoms with Crippen LogP contribution in [-0.2, 0) is 6.54 Å². The minimum atomic E-state index is -0.521. The van der Waals surface area contributed by atoms with Gasteiger partial charge in [0.2, 0.25) is 0 Å². The summed E-state index contributed by atoms with van der Waals surface area (Å²) in [7, 11) is 0. The Balaban J connectivity index is 1.36. The van der Waals surface area contributed by atoms with E-state index in [9.17, 15) is 9.18 Å². The second-order valence-electron chi connectivity index (χ2n) is 8.62. The molecular formula is C25H27FN8O. The Kier molecular flexibility index (Phi) is 6.30. The molecule has 0 radical (unpaired) electrons. The SMILES string of the molecule is Cc1ccc(F)c(NC(=O)Nc2ccc(-c3cc(CN4CCNCC4)n4ncnc(N)c34)cc2)c1. The molecule has 0 bridgehead atoms. The van der Waals surface area contributed by atoms with Crippen LogP contribution in [0.3, 0.4) is 0 Å². The number of carbonyl (C=O) groups is 1. The van der Waals surface area contributed by atoms with Gasteiger partial charge in [-0.1, -0.05) is 18.2 Å². The molecule has 180 valence electrons. The standard InChI is InChI=1S/C25H27FN8O/c1-16-2-7-21(26)22(12-16)32-25(35)31-18-5-3-17(4-6-18)20-13-19(14-33-10-8-28-9-11-33)34-23(20)24(27)29-15-30-34/h2-7,12-13,15,28H,8-11,14H2,1H3,(H2,27,29,30)(H2,31,32,35). The Morgan fingerprint density at radius 3 is 2.66 bits per heavy atom. The van der Waals surface area contributed by atoms with Crippen LogP contribution in [0.5, 0.6) is 0 Å². The molecule has 1 fully saturated rings. The fourth-order valence-corrected chi connectivity index (χ4v) is 4.32. The molecule has 1 aliphatic heterocycles. The third kappa shape index (κ3) is 4.93. The van der Waals surface area contributed by atoms with Crippen molar-refractivity contribution in [2.75, 3.05) is 42.5 Å². The molecule has 4 aromatic rings. The zero-order chi connectivity index (χ0) is 24.4. The Bertz CT molecular complexity index is 1360. The number of piperazine rings is 1. The van der Waals surface area contributed by atoms with Crippen molar-refractivity contribution in [3.8, 4) is 11.1 Å². The first-order valence-electron chi connectivity index (χ1n) is 11.5. The molecule has 0 spiro atoms. The number of amides is 2. The Hall–Kier alpha value is -4.02. The van der Waals surface area contributed by atoms with E-state index in [4.69, 9.17) is 5.73 Å². The normalized spacial score (nSPS) is 14.2. The molecule has 3 heterocycles. The number of hydrogen-bond donors (Lipinski definition) is 4. The number of aromatic nitrogens is 3. The molecule has 10 heteroatoms. The minimum absolute atomic E-state index is 0.131. The predicted octanol–water partition coefficient (Wildman–Crippen LogP) is 3.48. The van der Waals surface area contributed by atoms with Crippen molar-refractivity contribution in [1.82, 2.24) is 24.8 Å². The van der Waals surface area contributed by atoms with E-state index in [1.807, 2.05) is 23.6 Å². The van der Waals surface area contributed by atoms with Gasteiger partial charge in [-0.15, -0.1) is 0 Å². The monoisotopic (exact) mass is 474 g/mol. The molecule has 0 unspecified atom stereocenters. The number of urea groups is 1. The highest BCUT2D eigenvalue weighted by molar-refractivity contribution is 6.00. The lowest BCUT2D eigenvalue weighted by atomic mass is 10.1. The molecule has 9 nitrogen and oxygen atoms in total. The maximum Gasteiger partial charge on any atom is 0.323 e. The van der Waals surface area contributed by atoms with Crippen molar-refractivity contribution in [2.24, 2.45) is 0 Å². The third-order valence-corrected chi connectivity index (χ3v) is 6.08. The summed E-state index contributed by atoms with van der Waals surface area (Å²) < 4.78 is 15.8. The molecule has 0 aliphatic carbocycles. The van der Waals surface area contributed by atoms with Gasteiger partial charge in [0, 0.05) is 44.0 Å². The fraction of sp³-hybridized carbons (Fsp3) is 0.240. The third-order valence-electron chi connectivity index (χ3n) is 6.08. The topological polar surface area (TPSA) is 113 Å². The van der Waals surface area contributed by atoms with Crippen LogP contribution >= 0.6 is 0 Å². The first-order valence-corrected chi connectivity index (χ1v) is 11.5. The Morgan fingerprint density at radius 1 is 1.11 bits per heavy atom. The van der Waals surface area contributed by atoms with Gasteiger partial charge in [0.25, 0.3) is 0 Å². The molecule has 0 saturated carbocycles. The zero-order valence-electron chi connectivity index (χ0n) is 19.4. The van der Waals surface area contributed by atoms with Crippen molar-refractivity contribution in [2.45, 2.75) is 13.5 Å². The molecule has 0 atom stereocenters. The van der Waals surface area contributed by atoms with Crippen LogP contribution in [0.4, 0.5) is 26.4 Å². The van der Waals surface area contributed by atoms with E-state index < -0.39 is 11.8 Å². The van der Waals surface area contributed by atoms with Gasteiger partial charge in [0.05, 0.1) is 11.4 Å². The number of nitrogen functional groups attached to an aromatic ring is 1. The number of fused-ring (bicyclic) bond motifs is 1. The number of nitrogens with zero attached hydrogens (tertiary/aromatic N) is 4. The summed E-state index contributed by atoms with van der Waals surface area (Å²) in [6.07, 6.45) is 1.47. The largest absolute Gasteiger partial charge is 0.382 e. The average Bonchev–Trinajstić information content (AvgIpc) is 3.22. The van der Waals surface area contributed by atoms with Gasteiger partial charge in [-0.3, -0.25) is 4.90 Å². The molecule has 1 aliphatic rings. The summed E-state index contributed by atoms with van der Waals surface area (Å²) in [4.78, 5) is 18.9. The van der Waals surface area contributed by atoms with Crippen LogP contribution < -0.4 is 21.7 Å². The highest BCUT2D eigenvalue weighted by Gasteiger charge is 2.18. The van der Waals surface area contributed by atoms with Crippen molar-refractivity contribution < 1.29 is 9.18 Å². The first kappa shape index (κ1) is 22.8. The minimum Gasteiger partial charge on any atom is -0.382 e. The number of benzene rings is 2. The summed E-state index contributed by atoms with van der Waals surface area (Å²) in [6.45, 7) is 6.46. The van der Waals surface area contributed by atoms with Gasteiger partial charge in [0.15, 0.2) is 5.82 Å². The number of nitrogens with two attached hydrogens (primary N) is 1. The number of halogens is 1. The summed E-state index contributed by atoms with van der Waals surface area (Å²) in [5.41, 5.74) is 11.4. The second kappa shape index (κ2) is 9.69. The lowest BCUT2D eigenvalue weighted by Crippen LogP contribution is -2.43. The van der Waals surface area contributed by atoms with Gasteiger partial charge in [-0.05, 0) is 48.4 Å². The van der Waals surface area contributed by atoms with E-state index in [1.165, 1.54) is 12.4 Å². The molecular weight excluding hydrogens is 447 g/mol. The van der Waals surface area contributed by atoms with E-state index in [1.54, 1.807) is 24.3 Å². The quantitative estimate of drug-likeness (QED) is 0.352. The van der Waals surface area contributed by atoms with E-state index in [-0.39, 0.29) is 5.69 Å². The van der Waals surface area contributed by atoms with Gasteiger partial charge >= 0.3 is 6.03 Å². The molecule has 2 aromatic carbocycles. The first-order chi connectivity index (χ1) is 17.0. The molecule has 5 rings (SSSR count). The predicted molar refractivity (Wildman–Crippen MR) is 135 cm³/mol. The lowest BCUT2D eigenvalue weighted by molar-refractivity contribution is 0.229. The Labute approximate surface area is 202 Å². The van der Waals surface area contributed by atoms with Crippen molar-refractivity contribution in [1.29, 1.82) is 0 Å². The number of carbonyl (C=O) groups excluding carboxylic acids is 1. The van der Waals surface area contributed by atoms with Crippen LogP contribution in [0.2, 0.25) is 0 Å². The van der Waals surface area contributed by atoms with E-state index in [0.717, 1.165) is 60.6 Å². The van der Waals surface area contributed by atoms with Crippen molar-refractivity contribution >= 4 is 28.7 Å². The summed E-state index contributed by atoms with van der Waals surface area (Å²) in [5.74, 6) is -0.0820. The average molecular weight is 475 g/mol. The molecule has 2 amide bonds. The van der Waals surface area contributed by atoms with Crippen LogP contribution in [-0.4, -0.2) is 51.7 Å². The maximum atomic E-state index is 13.9. The molecule has 35 heavy (non-hydrogen) atoms. The molecule has 2 aromatic heterocycles. The highest BCUT2D eigenvalue weighted by atomic mass is 19.1. The number of hydrogen-bond acceptors (Lipinski definition) is 6. The van der Waals surface area contributed by atoms with E-state index in [0.29, 0.717) is 11.5 Å². The van der Waals surface area contributed by atoms with Gasteiger partial charge < -0.3 is 21.7 Å². The van der Waals surface area contributed by atoms with Gasteiger partial charge in [-0.25, -0.2) is 18.7 Å². The van der Waals surface area contributed by atoms with Gasteiger partial charge in [0.1, 0.15) is 17.7 Å². The van der Waals surface area contributed by atoms with Crippen LogP contribution in [0.25, 0.3) is 16.6 Å². The van der Waals surface area contributed by atoms with E-state index >= 15 is 0 Å².